The third-order valence-electron chi connectivity index (χ3n) is 3.63. The molecule has 7 heteroatoms. The summed E-state index contributed by atoms with van der Waals surface area (Å²) in [5, 5.41) is 34.2. The third kappa shape index (κ3) is 2.84. The van der Waals surface area contributed by atoms with E-state index in [1.54, 1.807) is 7.05 Å². The van der Waals surface area contributed by atoms with Gasteiger partial charge in [-0.1, -0.05) is 0 Å². The average Bonchev–Trinajstić information content (AvgIpc) is 3.31. The highest BCUT2D eigenvalue weighted by Crippen LogP contribution is 2.39. The Bertz CT molecular complexity index is 465. The van der Waals surface area contributed by atoms with Crippen LogP contribution in [0.15, 0.2) is 0 Å². The minimum atomic E-state index is -1.19. The van der Waals surface area contributed by atoms with Crippen LogP contribution in [0.1, 0.15) is 30.1 Å². The maximum atomic E-state index is 9.40. The van der Waals surface area contributed by atoms with Crippen LogP contribution in [0.4, 0.5) is 11.6 Å². The van der Waals surface area contributed by atoms with Crippen molar-refractivity contribution in [2.45, 2.75) is 31.2 Å². The molecule has 0 radical (unpaired) electrons. The van der Waals surface area contributed by atoms with Crippen molar-refractivity contribution in [2.75, 3.05) is 37.5 Å². The molecule has 7 nitrogen and oxygen atoms in total. The van der Waals surface area contributed by atoms with Crippen molar-refractivity contribution in [3.05, 3.63) is 11.4 Å². The highest BCUT2D eigenvalue weighted by molar-refractivity contribution is 5.58. The molecule has 1 aliphatic carbocycles. The topological polar surface area (TPSA) is 111 Å². The molecule has 0 aromatic carbocycles. The molecule has 1 heterocycles. The summed E-state index contributed by atoms with van der Waals surface area (Å²) in [6, 6.07) is 0. The van der Waals surface area contributed by atoms with Gasteiger partial charge >= 0.3 is 0 Å². The second-order valence-corrected chi connectivity index (χ2v) is 5.31. The minimum absolute atomic E-state index is 0.384. The summed E-state index contributed by atoms with van der Waals surface area (Å²) in [6.07, 6.45) is 2.16. The van der Waals surface area contributed by atoms with Crippen LogP contribution in [-0.2, 0) is 0 Å². The van der Waals surface area contributed by atoms with Crippen LogP contribution in [0.3, 0.4) is 0 Å². The van der Waals surface area contributed by atoms with Crippen molar-refractivity contribution in [3.8, 4) is 0 Å². The Morgan fingerprint density at radius 2 is 1.65 bits per heavy atom. The predicted molar refractivity (Wildman–Crippen MR) is 75.9 cm³/mol. The standard InChI is InChI=1S/C13H22N4O3/c1-8-10(14-2)15-12(9-3-4-9)16-11(8)17-13(5-18,6-19)7-20/h9,18-20H,3-7H2,1-2H3,(H2,14,15,16,17). The average molecular weight is 282 g/mol. The maximum absolute atomic E-state index is 9.40. The lowest BCUT2D eigenvalue weighted by Crippen LogP contribution is -2.49. The summed E-state index contributed by atoms with van der Waals surface area (Å²) in [4.78, 5) is 8.95. The Labute approximate surface area is 118 Å². The minimum Gasteiger partial charge on any atom is -0.394 e. The van der Waals surface area contributed by atoms with Gasteiger partial charge in [0.15, 0.2) is 0 Å². The third-order valence-corrected chi connectivity index (χ3v) is 3.63. The maximum Gasteiger partial charge on any atom is 0.136 e. The fraction of sp³-hybridized carbons (Fsp3) is 0.692. The van der Waals surface area contributed by atoms with Gasteiger partial charge in [-0.05, 0) is 19.8 Å². The number of nitrogens with zero attached hydrogens (tertiary/aromatic N) is 2. The number of aliphatic hydroxyl groups is 3. The molecule has 0 aliphatic heterocycles. The SMILES string of the molecule is CNc1nc(C2CC2)nc(NC(CO)(CO)CO)c1C. The lowest BCUT2D eigenvalue weighted by Gasteiger charge is -2.30. The van der Waals surface area contributed by atoms with E-state index in [0.717, 1.165) is 24.2 Å². The number of aliphatic hydroxyl groups excluding tert-OH is 3. The first-order chi connectivity index (χ1) is 9.59. The largest absolute Gasteiger partial charge is 0.394 e. The summed E-state index contributed by atoms with van der Waals surface area (Å²) in [5.41, 5.74) is -0.401. The fourth-order valence-corrected chi connectivity index (χ4v) is 1.94. The van der Waals surface area contributed by atoms with Gasteiger partial charge in [0.25, 0.3) is 0 Å². The predicted octanol–water partition coefficient (Wildman–Crippen LogP) is -0.168. The van der Waals surface area contributed by atoms with Crippen molar-refractivity contribution in [3.63, 3.8) is 0 Å². The summed E-state index contributed by atoms with van der Waals surface area (Å²) in [5.74, 6) is 2.38. The van der Waals surface area contributed by atoms with Gasteiger partial charge in [0, 0.05) is 18.5 Å². The second-order valence-electron chi connectivity index (χ2n) is 5.31. The Kier molecular flexibility index (Phi) is 4.42. The first-order valence-corrected chi connectivity index (χ1v) is 6.76. The first-order valence-electron chi connectivity index (χ1n) is 6.76. The number of hydrogen-bond acceptors (Lipinski definition) is 7. The van der Waals surface area contributed by atoms with E-state index in [9.17, 15) is 15.3 Å². The molecule has 1 saturated carbocycles. The summed E-state index contributed by atoms with van der Waals surface area (Å²) in [6.45, 7) is 0.674. The van der Waals surface area contributed by atoms with Crippen LogP contribution in [0, 0.1) is 6.92 Å². The van der Waals surface area contributed by atoms with Gasteiger partial charge in [-0.25, -0.2) is 9.97 Å². The smallest absolute Gasteiger partial charge is 0.136 e. The molecule has 2 rings (SSSR count). The number of aromatic nitrogens is 2. The van der Waals surface area contributed by atoms with Crippen molar-refractivity contribution < 1.29 is 15.3 Å². The van der Waals surface area contributed by atoms with Crippen molar-refractivity contribution in [1.29, 1.82) is 0 Å². The van der Waals surface area contributed by atoms with E-state index >= 15 is 0 Å². The molecule has 0 spiro atoms. The molecule has 0 bridgehead atoms. The van der Waals surface area contributed by atoms with E-state index in [1.165, 1.54) is 0 Å². The van der Waals surface area contributed by atoms with Crippen molar-refractivity contribution >= 4 is 11.6 Å². The van der Waals surface area contributed by atoms with E-state index in [0.29, 0.717) is 17.6 Å². The lowest BCUT2D eigenvalue weighted by atomic mass is 10.0. The zero-order chi connectivity index (χ0) is 14.8. The fourth-order valence-electron chi connectivity index (χ4n) is 1.94. The summed E-state index contributed by atoms with van der Waals surface area (Å²) in [7, 11) is 1.78. The van der Waals surface area contributed by atoms with Crippen LogP contribution < -0.4 is 10.6 Å². The zero-order valence-corrected chi connectivity index (χ0v) is 11.8. The Balaban J connectivity index is 2.36. The van der Waals surface area contributed by atoms with Gasteiger partial charge in [-0.3, -0.25) is 0 Å². The highest BCUT2D eigenvalue weighted by Gasteiger charge is 2.32. The van der Waals surface area contributed by atoms with Crippen molar-refractivity contribution in [1.82, 2.24) is 9.97 Å². The van der Waals surface area contributed by atoms with Crippen molar-refractivity contribution in [2.24, 2.45) is 0 Å². The van der Waals surface area contributed by atoms with E-state index in [2.05, 4.69) is 20.6 Å². The number of hydrogen-bond donors (Lipinski definition) is 5. The van der Waals surface area contributed by atoms with Crippen LogP contribution in [0.2, 0.25) is 0 Å². The normalized spacial score (nSPS) is 15.2. The summed E-state index contributed by atoms with van der Waals surface area (Å²) >= 11 is 0. The Morgan fingerprint density at radius 1 is 1.10 bits per heavy atom. The summed E-state index contributed by atoms with van der Waals surface area (Å²) < 4.78 is 0. The molecular formula is C13H22N4O3. The van der Waals surface area contributed by atoms with E-state index in [-0.39, 0.29) is 0 Å². The molecule has 1 fully saturated rings. The first kappa shape index (κ1) is 15.0. The molecule has 1 aromatic rings. The monoisotopic (exact) mass is 282 g/mol. The molecular weight excluding hydrogens is 260 g/mol. The quantitative estimate of drug-likeness (QED) is 0.472. The van der Waals surface area contributed by atoms with Crippen LogP contribution in [0.25, 0.3) is 0 Å². The molecule has 0 saturated heterocycles. The molecule has 0 unspecified atom stereocenters. The van der Waals surface area contributed by atoms with E-state index in [4.69, 9.17) is 0 Å². The molecule has 5 N–H and O–H groups in total. The van der Waals surface area contributed by atoms with E-state index < -0.39 is 25.4 Å². The Morgan fingerprint density at radius 3 is 2.10 bits per heavy atom. The Hall–Kier alpha value is -1.44. The molecule has 112 valence electrons. The molecule has 1 aliphatic rings. The van der Waals surface area contributed by atoms with Crippen LogP contribution >= 0.6 is 0 Å². The molecule has 0 atom stereocenters. The van der Waals surface area contributed by atoms with Gasteiger partial charge in [-0.2, -0.15) is 0 Å². The second kappa shape index (κ2) is 5.90. The van der Waals surface area contributed by atoms with Gasteiger partial charge in [0.2, 0.25) is 0 Å². The van der Waals surface area contributed by atoms with Gasteiger partial charge < -0.3 is 26.0 Å². The highest BCUT2D eigenvalue weighted by atomic mass is 16.3. The number of anilines is 2. The van der Waals surface area contributed by atoms with E-state index in [1.807, 2.05) is 6.92 Å². The number of nitrogens with one attached hydrogen (secondary N) is 2. The molecule has 0 amide bonds. The molecule has 1 aromatic heterocycles. The van der Waals surface area contributed by atoms with Gasteiger partial charge in [0.1, 0.15) is 23.0 Å². The van der Waals surface area contributed by atoms with Crippen LogP contribution in [0.5, 0.6) is 0 Å². The lowest BCUT2D eigenvalue weighted by molar-refractivity contribution is 0.0830. The van der Waals surface area contributed by atoms with Gasteiger partial charge in [0.05, 0.1) is 19.8 Å². The van der Waals surface area contributed by atoms with Crippen LogP contribution in [-0.4, -0.2) is 57.7 Å². The number of rotatable bonds is 7. The van der Waals surface area contributed by atoms with Gasteiger partial charge in [-0.15, -0.1) is 0 Å². The molecule has 20 heavy (non-hydrogen) atoms. The zero-order valence-electron chi connectivity index (χ0n) is 11.8.